The molecule has 0 aromatic heterocycles. The van der Waals surface area contributed by atoms with Crippen molar-refractivity contribution in [3.63, 3.8) is 0 Å². The molecule has 1 heterocycles. The Labute approximate surface area is 95.8 Å². The minimum Gasteiger partial charge on any atom is -0.257 e. The zero-order chi connectivity index (χ0) is 11.1. The number of benzene rings is 2. The fraction of sp³-hybridized carbons (Fsp3) is 0.267. The topological polar surface area (TPSA) is 12.4 Å². The molecular formula is C15H15N. The molecule has 0 N–H and O–H groups in total. The number of rotatable bonds is 1. The van der Waals surface area contributed by atoms with E-state index in [0.29, 0.717) is 5.92 Å². The van der Waals surface area contributed by atoms with Crippen LogP contribution in [0.4, 0.5) is 5.69 Å². The largest absolute Gasteiger partial charge is 0.257 e. The first kappa shape index (κ1) is 9.59. The zero-order valence-corrected chi connectivity index (χ0v) is 9.70. The minimum absolute atomic E-state index is 0.531. The van der Waals surface area contributed by atoms with Crippen LogP contribution in [0.15, 0.2) is 41.4 Å². The Hall–Kier alpha value is -1.63. The molecule has 3 rings (SSSR count). The highest BCUT2D eigenvalue weighted by Crippen LogP contribution is 2.34. The number of hydrogen-bond donors (Lipinski definition) is 0. The van der Waals surface area contributed by atoms with Crippen LogP contribution >= 0.6 is 0 Å². The molecule has 0 radical (unpaired) electrons. The van der Waals surface area contributed by atoms with E-state index in [1.807, 2.05) is 0 Å². The van der Waals surface area contributed by atoms with Gasteiger partial charge in [-0.05, 0) is 22.9 Å². The van der Waals surface area contributed by atoms with Gasteiger partial charge < -0.3 is 0 Å². The van der Waals surface area contributed by atoms with Gasteiger partial charge in [0.15, 0.2) is 0 Å². The highest BCUT2D eigenvalue weighted by atomic mass is 14.8. The van der Waals surface area contributed by atoms with Gasteiger partial charge in [0.2, 0.25) is 0 Å². The Morgan fingerprint density at radius 2 is 1.81 bits per heavy atom. The first-order valence-corrected chi connectivity index (χ1v) is 5.84. The van der Waals surface area contributed by atoms with Crippen molar-refractivity contribution in [2.75, 3.05) is 0 Å². The summed E-state index contributed by atoms with van der Waals surface area (Å²) >= 11 is 0. The van der Waals surface area contributed by atoms with Gasteiger partial charge in [-0.25, -0.2) is 0 Å². The second-order valence-electron chi connectivity index (χ2n) is 4.73. The van der Waals surface area contributed by atoms with Crippen LogP contribution in [0.5, 0.6) is 0 Å². The second kappa shape index (κ2) is 3.44. The number of aliphatic imine (C=N–C) groups is 1. The Balaban J connectivity index is 2.32. The van der Waals surface area contributed by atoms with Crippen molar-refractivity contribution < 1.29 is 0 Å². The van der Waals surface area contributed by atoms with Crippen LogP contribution in [-0.2, 0) is 6.42 Å². The molecule has 2 aromatic carbocycles. The number of hydrogen-bond acceptors (Lipinski definition) is 1. The third-order valence-corrected chi connectivity index (χ3v) is 3.27. The fourth-order valence-corrected chi connectivity index (χ4v) is 2.36. The van der Waals surface area contributed by atoms with E-state index in [2.05, 4.69) is 50.2 Å². The van der Waals surface area contributed by atoms with Crippen molar-refractivity contribution in [1.29, 1.82) is 0 Å². The lowest BCUT2D eigenvalue weighted by Gasteiger charge is -2.19. The first-order chi connectivity index (χ1) is 7.75. The smallest absolute Gasteiger partial charge is 0.0710 e. The molecule has 0 bridgehead atoms. The molecule has 0 fully saturated rings. The molecule has 1 nitrogen and oxygen atoms in total. The summed E-state index contributed by atoms with van der Waals surface area (Å²) in [5.74, 6) is 0.531. The SMILES string of the molecule is CC(C)C1=Nc2cccc3cccc(c23)C1. The average Bonchev–Trinajstić information content (AvgIpc) is 2.29. The van der Waals surface area contributed by atoms with Crippen molar-refractivity contribution in [2.45, 2.75) is 20.3 Å². The molecule has 1 aliphatic rings. The van der Waals surface area contributed by atoms with E-state index in [0.717, 1.165) is 12.1 Å². The fourth-order valence-electron chi connectivity index (χ4n) is 2.36. The predicted molar refractivity (Wildman–Crippen MR) is 69.6 cm³/mol. The third-order valence-electron chi connectivity index (χ3n) is 3.27. The van der Waals surface area contributed by atoms with E-state index in [-0.39, 0.29) is 0 Å². The van der Waals surface area contributed by atoms with Crippen LogP contribution in [-0.4, -0.2) is 5.71 Å². The lowest BCUT2D eigenvalue weighted by Crippen LogP contribution is -2.13. The van der Waals surface area contributed by atoms with Gasteiger partial charge in [-0.15, -0.1) is 0 Å². The highest BCUT2D eigenvalue weighted by molar-refractivity contribution is 6.05. The van der Waals surface area contributed by atoms with E-state index in [9.17, 15) is 0 Å². The molecular weight excluding hydrogens is 194 g/mol. The van der Waals surface area contributed by atoms with E-state index < -0.39 is 0 Å². The lowest BCUT2D eigenvalue weighted by atomic mass is 9.92. The normalized spacial score (nSPS) is 14.3. The Bertz CT molecular complexity index is 574. The Kier molecular flexibility index (Phi) is 2.06. The summed E-state index contributed by atoms with van der Waals surface area (Å²) in [4.78, 5) is 4.78. The maximum Gasteiger partial charge on any atom is 0.0710 e. The minimum atomic E-state index is 0.531. The molecule has 0 saturated heterocycles. The van der Waals surface area contributed by atoms with E-state index >= 15 is 0 Å². The summed E-state index contributed by atoms with van der Waals surface area (Å²) in [6, 6.07) is 12.9. The molecule has 80 valence electrons. The Morgan fingerprint density at radius 1 is 1.06 bits per heavy atom. The summed E-state index contributed by atoms with van der Waals surface area (Å²) in [5.41, 5.74) is 3.86. The van der Waals surface area contributed by atoms with Crippen LogP contribution in [0.25, 0.3) is 10.8 Å². The first-order valence-electron chi connectivity index (χ1n) is 5.84. The summed E-state index contributed by atoms with van der Waals surface area (Å²) < 4.78 is 0. The molecule has 1 aliphatic heterocycles. The zero-order valence-electron chi connectivity index (χ0n) is 9.70. The summed E-state index contributed by atoms with van der Waals surface area (Å²) in [6.07, 6.45) is 1.01. The van der Waals surface area contributed by atoms with E-state index in [1.165, 1.54) is 22.0 Å². The van der Waals surface area contributed by atoms with E-state index in [1.54, 1.807) is 0 Å². The van der Waals surface area contributed by atoms with Crippen molar-refractivity contribution in [3.05, 3.63) is 42.0 Å². The standard InChI is InChI=1S/C15H15N/c1-10(2)14-9-12-7-3-5-11-6-4-8-13(16-14)15(11)12/h3-8,10H,9H2,1-2H3. The van der Waals surface area contributed by atoms with Gasteiger partial charge >= 0.3 is 0 Å². The van der Waals surface area contributed by atoms with Crippen LogP contribution < -0.4 is 0 Å². The van der Waals surface area contributed by atoms with E-state index in [4.69, 9.17) is 4.99 Å². The summed E-state index contributed by atoms with van der Waals surface area (Å²) in [7, 11) is 0. The molecule has 2 aromatic rings. The van der Waals surface area contributed by atoms with Crippen molar-refractivity contribution in [2.24, 2.45) is 10.9 Å². The van der Waals surface area contributed by atoms with Gasteiger partial charge in [-0.2, -0.15) is 0 Å². The summed E-state index contributed by atoms with van der Waals surface area (Å²) in [6.45, 7) is 4.43. The molecule has 0 atom stereocenters. The van der Waals surface area contributed by atoms with Crippen molar-refractivity contribution in [1.82, 2.24) is 0 Å². The Morgan fingerprint density at radius 3 is 2.56 bits per heavy atom. The summed E-state index contributed by atoms with van der Waals surface area (Å²) in [5, 5.41) is 2.65. The molecule has 1 heteroatoms. The van der Waals surface area contributed by atoms with Gasteiger partial charge in [0.25, 0.3) is 0 Å². The molecule has 0 unspecified atom stereocenters. The average molecular weight is 209 g/mol. The van der Waals surface area contributed by atoms with Crippen LogP contribution in [0.3, 0.4) is 0 Å². The predicted octanol–water partition coefficient (Wildman–Crippen LogP) is 4.12. The monoisotopic (exact) mass is 209 g/mol. The van der Waals surface area contributed by atoms with Crippen molar-refractivity contribution in [3.8, 4) is 0 Å². The maximum atomic E-state index is 4.78. The maximum absolute atomic E-state index is 4.78. The molecule has 0 saturated carbocycles. The van der Waals surface area contributed by atoms with Gasteiger partial charge in [0.1, 0.15) is 0 Å². The van der Waals surface area contributed by atoms with Crippen molar-refractivity contribution >= 4 is 22.2 Å². The highest BCUT2D eigenvalue weighted by Gasteiger charge is 2.16. The molecule has 16 heavy (non-hydrogen) atoms. The van der Waals surface area contributed by atoms with Crippen LogP contribution in [0, 0.1) is 5.92 Å². The molecule has 0 aliphatic carbocycles. The van der Waals surface area contributed by atoms with Gasteiger partial charge in [0.05, 0.1) is 5.69 Å². The second-order valence-corrected chi connectivity index (χ2v) is 4.73. The van der Waals surface area contributed by atoms with Crippen LogP contribution in [0.1, 0.15) is 19.4 Å². The quantitative estimate of drug-likeness (QED) is 0.669. The van der Waals surface area contributed by atoms with Crippen LogP contribution in [0.2, 0.25) is 0 Å². The van der Waals surface area contributed by atoms with Gasteiger partial charge in [-0.3, -0.25) is 4.99 Å². The lowest BCUT2D eigenvalue weighted by molar-refractivity contribution is 0.862. The number of nitrogens with zero attached hydrogens (tertiary/aromatic N) is 1. The molecule has 0 amide bonds. The third kappa shape index (κ3) is 1.35. The van der Waals surface area contributed by atoms with Gasteiger partial charge in [-0.1, -0.05) is 44.2 Å². The van der Waals surface area contributed by atoms with Gasteiger partial charge in [0, 0.05) is 17.5 Å². The molecule has 0 spiro atoms.